The number of ketones is 1. The zero-order chi connectivity index (χ0) is 15.9. The number of hydrogen-bond acceptors (Lipinski definition) is 5. The lowest BCUT2D eigenvalue weighted by molar-refractivity contribution is -0.119. The topological polar surface area (TPSA) is 77.5 Å². The van der Waals surface area contributed by atoms with E-state index in [1.54, 1.807) is 12.1 Å². The van der Waals surface area contributed by atoms with Crippen LogP contribution in [0.3, 0.4) is 0 Å². The molecule has 0 radical (unpaired) electrons. The standard InChI is InChI=1S/C17H15N3OS/c1-2-3-4-16(21)14(10-19)17-20-15(11-22-17)13-7-5-12(9-18)6-8-13/h5-8,11,14H,2-4H2,1H3/t14-/m0/s1. The number of carbonyl (C=O) groups excluding carboxylic acids is 1. The molecule has 1 heterocycles. The molecule has 5 heteroatoms. The fourth-order valence-corrected chi connectivity index (χ4v) is 2.92. The van der Waals surface area contributed by atoms with E-state index < -0.39 is 5.92 Å². The van der Waals surface area contributed by atoms with Crippen molar-refractivity contribution in [3.8, 4) is 23.4 Å². The van der Waals surface area contributed by atoms with Gasteiger partial charge in [0.2, 0.25) is 0 Å². The first kappa shape index (κ1) is 15.9. The van der Waals surface area contributed by atoms with Gasteiger partial charge in [0.05, 0.1) is 23.4 Å². The summed E-state index contributed by atoms with van der Waals surface area (Å²) in [4.78, 5) is 16.5. The fraction of sp³-hybridized carbons (Fsp3) is 0.294. The quantitative estimate of drug-likeness (QED) is 0.806. The second-order valence-electron chi connectivity index (χ2n) is 4.89. The Labute approximate surface area is 133 Å². The third-order valence-electron chi connectivity index (χ3n) is 3.31. The maximum Gasteiger partial charge on any atom is 0.156 e. The number of carbonyl (C=O) groups is 1. The van der Waals surface area contributed by atoms with Crippen LogP contribution in [0.15, 0.2) is 29.6 Å². The molecule has 0 saturated heterocycles. The van der Waals surface area contributed by atoms with Gasteiger partial charge in [0.25, 0.3) is 0 Å². The highest BCUT2D eigenvalue weighted by molar-refractivity contribution is 7.10. The molecule has 2 aromatic rings. The molecule has 1 aromatic carbocycles. The molecule has 0 saturated carbocycles. The van der Waals surface area contributed by atoms with Gasteiger partial charge >= 0.3 is 0 Å². The average molecular weight is 309 g/mol. The van der Waals surface area contributed by atoms with Crippen LogP contribution in [0.4, 0.5) is 0 Å². The summed E-state index contributed by atoms with van der Waals surface area (Å²) in [6, 6.07) is 11.2. The van der Waals surface area contributed by atoms with Crippen molar-refractivity contribution in [1.82, 2.24) is 4.98 Å². The monoisotopic (exact) mass is 309 g/mol. The number of hydrogen-bond donors (Lipinski definition) is 0. The van der Waals surface area contributed by atoms with Gasteiger partial charge in [0, 0.05) is 17.4 Å². The van der Waals surface area contributed by atoms with Gasteiger partial charge in [-0.2, -0.15) is 10.5 Å². The molecular weight excluding hydrogens is 294 g/mol. The molecule has 0 bridgehead atoms. The molecule has 110 valence electrons. The lowest BCUT2D eigenvalue weighted by atomic mass is 10.0. The van der Waals surface area contributed by atoms with Crippen LogP contribution in [-0.4, -0.2) is 10.8 Å². The number of rotatable bonds is 6. The summed E-state index contributed by atoms with van der Waals surface area (Å²) in [7, 11) is 0. The molecule has 2 rings (SSSR count). The Balaban J connectivity index is 2.20. The van der Waals surface area contributed by atoms with Crippen LogP contribution in [0.5, 0.6) is 0 Å². The zero-order valence-corrected chi connectivity index (χ0v) is 13.1. The van der Waals surface area contributed by atoms with Crippen LogP contribution in [0.2, 0.25) is 0 Å². The molecule has 4 nitrogen and oxygen atoms in total. The minimum Gasteiger partial charge on any atom is -0.298 e. The minimum absolute atomic E-state index is 0.0647. The Bertz CT molecular complexity index is 734. The summed E-state index contributed by atoms with van der Waals surface area (Å²) in [6.45, 7) is 2.01. The maximum atomic E-state index is 12.1. The summed E-state index contributed by atoms with van der Waals surface area (Å²) in [6.07, 6.45) is 2.14. The van der Waals surface area contributed by atoms with Gasteiger partial charge in [-0.15, -0.1) is 11.3 Å². The van der Waals surface area contributed by atoms with E-state index in [4.69, 9.17) is 5.26 Å². The van der Waals surface area contributed by atoms with Gasteiger partial charge < -0.3 is 0 Å². The van der Waals surface area contributed by atoms with Crippen LogP contribution in [0.1, 0.15) is 42.7 Å². The molecule has 0 spiro atoms. The molecular formula is C17H15N3OS. The van der Waals surface area contributed by atoms with Crippen LogP contribution < -0.4 is 0 Å². The van der Waals surface area contributed by atoms with Gasteiger partial charge in [-0.05, 0) is 18.6 Å². The van der Waals surface area contributed by atoms with Crippen molar-refractivity contribution >= 4 is 17.1 Å². The van der Waals surface area contributed by atoms with Crippen LogP contribution in [0, 0.1) is 22.7 Å². The smallest absolute Gasteiger partial charge is 0.156 e. The number of nitriles is 2. The van der Waals surface area contributed by atoms with Gasteiger partial charge in [-0.1, -0.05) is 25.5 Å². The SMILES string of the molecule is CCCCC(=O)[C@H](C#N)c1nc(-c2ccc(C#N)cc2)cs1. The summed E-state index contributed by atoms with van der Waals surface area (Å²) < 4.78 is 0. The molecule has 0 unspecified atom stereocenters. The fourth-order valence-electron chi connectivity index (χ4n) is 2.03. The molecule has 0 aliphatic carbocycles. The molecule has 0 fully saturated rings. The average Bonchev–Trinajstić information content (AvgIpc) is 3.03. The Kier molecular flexibility index (Phi) is 5.41. The van der Waals surface area contributed by atoms with E-state index in [1.165, 1.54) is 11.3 Å². The highest BCUT2D eigenvalue weighted by Gasteiger charge is 2.23. The first-order valence-corrected chi connectivity index (χ1v) is 7.95. The maximum absolute atomic E-state index is 12.1. The zero-order valence-electron chi connectivity index (χ0n) is 12.2. The second-order valence-corrected chi connectivity index (χ2v) is 5.78. The Hall–Kier alpha value is -2.50. The van der Waals surface area contributed by atoms with Crippen molar-refractivity contribution in [2.24, 2.45) is 0 Å². The highest BCUT2D eigenvalue weighted by Crippen LogP contribution is 2.28. The Morgan fingerprint density at radius 1 is 1.32 bits per heavy atom. The van der Waals surface area contributed by atoms with Crippen molar-refractivity contribution in [3.63, 3.8) is 0 Å². The predicted octanol–water partition coefficient (Wildman–Crippen LogP) is 4.05. The van der Waals surface area contributed by atoms with Crippen molar-refractivity contribution in [1.29, 1.82) is 10.5 Å². The summed E-state index contributed by atoms with van der Waals surface area (Å²) in [5.74, 6) is -0.839. The molecule has 1 aromatic heterocycles. The third kappa shape index (κ3) is 3.58. The van der Waals surface area contributed by atoms with E-state index in [-0.39, 0.29) is 5.78 Å². The molecule has 0 amide bonds. The highest BCUT2D eigenvalue weighted by atomic mass is 32.1. The number of benzene rings is 1. The van der Waals surface area contributed by atoms with Crippen LogP contribution >= 0.6 is 11.3 Å². The van der Waals surface area contributed by atoms with E-state index in [0.717, 1.165) is 24.1 Å². The van der Waals surface area contributed by atoms with E-state index in [2.05, 4.69) is 17.1 Å². The molecule has 0 N–H and O–H groups in total. The number of aromatic nitrogens is 1. The van der Waals surface area contributed by atoms with Crippen molar-refractivity contribution < 1.29 is 4.79 Å². The Morgan fingerprint density at radius 3 is 2.64 bits per heavy atom. The van der Waals surface area contributed by atoms with Gasteiger partial charge in [0.1, 0.15) is 5.01 Å². The number of unbranched alkanes of at least 4 members (excludes halogenated alkanes) is 1. The predicted molar refractivity (Wildman–Crippen MR) is 85.2 cm³/mol. The largest absolute Gasteiger partial charge is 0.298 e. The van der Waals surface area contributed by atoms with E-state index >= 15 is 0 Å². The summed E-state index contributed by atoms with van der Waals surface area (Å²) in [5.41, 5.74) is 2.19. The molecule has 22 heavy (non-hydrogen) atoms. The number of nitrogens with zero attached hydrogens (tertiary/aromatic N) is 3. The lowest BCUT2D eigenvalue weighted by Gasteiger charge is -2.04. The van der Waals surface area contributed by atoms with E-state index in [1.807, 2.05) is 24.4 Å². The van der Waals surface area contributed by atoms with E-state index in [0.29, 0.717) is 17.0 Å². The van der Waals surface area contributed by atoms with Gasteiger partial charge in [-0.3, -0.25) is 4.79 Å². The molecule has 0 aliphatic heterocycles. The van der Waals surface area contributed by atoms with Crippen molar-refractivity contribution in [2.75, 3.05) is 0 Å². The molecule has 1 atom stereocenters. The second kappa shape index (κ2) is 7.49. The van der Waals surface area contributed by atoms with E-state index in [9.17, 15) is 10.1 Å². The van der Waals surface area contributed by atoms with Crippen LogP contribution in [-0.2, 0) is 4.79 Å². The number of thiazole rings is 1. The van der Waals surface area contributed by atoms with Crippen molar-refractivity contribution in [3.05, 3.63) is 40.2 Å². The molecule has 0 aliphatic rings. The third-order valence-corrected chi connectivity index (χ3v) is 4.22. The number of Topliss-reactive ketones (excluding diaryl/α,β-unsaturated/α-hetero) is 1. The summed E-state index contributed by atoms with van der Waals surface area (Å²) in [5, 5.41) is 20.4. The Morgan fingerprint density at radius 2 is 2.05 bits per heavy atom. The first-order chi connectivity index (χ1) is 10.7. The lowest BCUT2D eigenvalue weighted by Crippen LogP contribution is -2.10. The van der Waals surface area contributed by atoms with Gasteiger partial charge in [-0.25, -0.2) is 4.98 Å². The first-order valence-electron chi connectivity index (χ1n) is 7.08. The minimum atomic E-state index is -0.774. The van der Waals surface area contributed by atoms with Crippen LogP contribution in [0.25, 0.3) is 11.3 Å². The van der Waals surface area contributed by atoms with Crippen molar-refractivity contribution in [2.45, 2.75) is 32.1 Å². The summed E-state index contributed by atoms with van der Waals surface area (Å²) >= 11 is 1.33. The normalized spacial score (nSPS) is 11.4. The van der Waals surface area contributed by atoms with Gasteiger partial charge in [0.15, 0.2) is 11.7 Å².